The maximum absolute atomic E-state index is 12.9. The highest BCUT2D eigenvalue weighted by Crippen LogP contribution is 2.44. The summed E-state index contributed by atoms with van der Waals surface area (Å²) in [5, 5.41) is 8.37. The lowest BCUT2D eigenvalue weighted by Crippen LogP contribution is -2.47. The van der Waals surface area contributed by atoms with Gasteiger partial charge in [-0.2, -0.15) is 0 Å². The van der Waals surface area contributed by atoms with E-state index < -0.39 is 12.1 Å². The van der Waals surface area contributed by atoms with Gasteiger partial charge in [0.05, 0.1) is 46.2 Å². The van der Waals surface area contributed by atoms with E-state index in [4.69, 9.17) is 30.1 Å². The van der Waals surface area contributed by atoms with Crippen molar-refractivity contribution in [3.05, 3.63) is 59.7 Å². The Balaban J connectivity index is 1.37. The lowest BCUT2D eigenvalue weighted by Gasteiger charge is -2.19. The van der Waals surface area contributed by atoms with Crippen molar-refractivity contribution < 1.29 is 42.9 Å². The van der Waals surface area contributed by atoms with Gasteiger partial charge in [-0.05, 0) is 41.5 Å². The smallest absolute Gasteiger partial charge is 0.407 e. The molecule has 0 bridgehead atoms. The van der Waals surface area contributed by atoms with E-state index >= 15 is 0 Å². The third-order valence-corrected chi connectivity index (χ3v) is 7.51. The molecule has 0 saturated heterocycles. The number of nitrogens with one attached hydrogen (secondary N) is 3. The van der Waals surface area contributed by atoms with Crippen molar-refractivity contribution in [1.82, 2.24) is 16.0 Å². The molecule has 1 atom stereocenters. The molecule has 0 spiro atoms. The van der Waals surface area contributed by atoms with Crippen LogP contribution in [0.15, 0.2) is 48.5 Å². The zero-order valence-corrected chi connectivity index (χ0v) is 27.4. The predicted molar refractivity (Wildman–Crippen MR) is 179 cm³/mol. The number of carbonyl (C=O) groups is 4. The van der Waals surface area contributed by atoms with Crippen LogP contribution in [0, 0.1) is 12.3 Å². The minimum Gasteiger partial charge on any atom is -0.449 e. The van der Waals surface area contributed by atoms with Gasteiger partial charge in [0.1, 0.15) is 25.5 Å². The Morgan fingerprint density at radius 1 is 0.792 bits per heavy atom. The first-order chi connectivity index (χ1) is 23.5. The second-order valence-electron chi connectivity index (χ2n) is 11.0. The van der Waals surface area contributed by atoms with Crippen LogP contribution < -0.4 is 16.0 Å². The first-order valence-corrected chi connectivity index (χ1v) is 16.4. The number of amides is 3. The summed E-state index contributed by atoms with van der Waals surface area (Å²) in [5.41, 5.74) is 4.61. The summed E-state index contributed by atoms with van der Waals surface area (Å²) in [7, 11) is 0. The number of benzene rings is 2. The fourth-order valence-corrected chi connectivity index (χ4v) is 5.19. The summed E-state index contributed by atoms with van der Waals surface area (Å²) in [4.78, 5) is 48.3. The van der Waals surface area contributed by atoms with E-state index in [1.807, 2.05) is 24.3 Å². The Labute approximate surface area is 282 Å². The van der Waals surface area contributed by atoms with Crippen molar-refractivity contribution in [2.75, 3.05) is 72.6 Å². The molecular weight excluding hydrogens is 618 g/mol. The van der Waals surface area contributed by atoms with Gasteiger partial charge >= 0.3 is 6.09 Å². The number of terminal acetylenes is 1. The van der Waals surface area contributed by atoms with E-state index in [1.165, 1.54) is 0 Å². The maximum atomic E-state index is 12.9. The number of unbranched alkanes of at least 4 members (excludes halogenated alkanes) is 1. The Morgan fingerprint density at radius 2 is 1.44 bits per heavy atom. The normalized spacial score (nSPS) is 12.3. The van der Waals surface area contributed by atoms with Crippen LogP contribution in [0.4, 0.5) is 4.79 Å². The van der Waals surface area contributed by atoms with Gasteiger partial charge in [-0.1, -0.05) is 54.5 Å². The Morgan fingerprint density at radius 3 is 2.12 bits per heavy atom. The quantitative estimate of drug-likeness (QED) is 0.0827. The van der Waals surface area contributed by atoms with Gasteiger partial charge in [0.2, 0.25) is 11.8 Å². The average molecular weight is 666 g/mol. The molecule has 3 rings (SSSR count). The number of fused-ring (bicyclic) bond motifs is 3. The number of rotatable bonds is 25. The number of hydrogen-bond donors (Lipinski definition) is 3. The van der Waals surface area contributed by atoms with Crippen LogP contribution in [0.25, 0.3) is 11.1 Å². The first kappa shape index (κ1) is 38.2. The van der Waals surface area contributed by atoms with Gasteiger partial charge in [-0.25, -0.2) is 4.79 Å². The second-order valence-corrected chi connectivity index (χ2v) is 11.0. The van der Waals surface area contributed by atoms with Crippen molar-refractivity contribution in [3.63, 3.8) is 0 Å². The molecule has 12 nitrogen and oxygen atoms in total. The zero-order chi connectivity index (χ0) is 34.2. The summed E-state index contributed by atoms with van der Waals surface area (Å²) in [6.07, 6.45) is 7.35. The molecule has 0 unspecified atom stereocenters. The fourth-order valence-electron chi connectivity index (χ4n) is 5.19. The molecule has 0 radical (unpaired) electrons. The fraction of sp³-hybridized carbons (Fsp3) is 0.500. The molecule has 2 aromatic rings. The summed E-state index contributed by atoms with van der Waals surface area (Å²) in [6.45, 7) is 3.13. The number of alkyl carbamates (subject to hydrolysis) is 1. The largest absolute Gasteiger partial charge is 0.449 e. The Bertz CT molecular complexity index is 1280. The molecule has 3 amide bonds. The van der Waals surface area contributed by atoms with Crippen molar-refractivity contribution in [2.24, 2.45) is 0 Å². The lowest BCUT2D eigenvalue weighted by atomic mass is 9.98. The lowest BCUT2D eigenvalue weighted by molar-refractivity contribution is -0.130. The zero-order valence-electron chi connectivity index (χ0n) is 27.4. The van der Waals surface area contributed by atoms with E-state index in [2.05, 4.69) is 46.1 Å². The summed E-state index contributed by atoms with van der Waals surface area (Å²) >= 11 is 0. The average Bonchev–Trinajstić information content (AvgIpc) is 3.42. The predicted octanol–water partition coefficient (Wildman–Crippen LogP) is 2.98. The van der Waals surface area contributed by atoms with Gasteiger partial charge in [0, 0.05) is 31.8 Å². The maximum Gasteiger partial charge on any atom is 0.407 e. The third-order valence-electron chi connectivity index (χ3n) is 7.51. The summed E-state index contributed by atoms with van der Waals surface area (Å²) in [6, 6.07) is 15.5. The van der Waals surface area contributed by atoms with Gasteiger partial charge in [-0.3, -0.25) is 9.59 Å². The van der Waals surface area contributed by atoms with Gasteiger partial charge in [0.15, 0.2) is 0 Å². The number of aldehydes is 1. The van der Waals surface area contributed by atoms with Crippen LogP contribution in [-0.2, 0) is 38.1 Å². The SMILES string of the molecule is C#CCOCCOCCC(=O)N[C@@H](CCCCNC(=O)OCC1c2ccccc2-c2ccccc21)C(=O)NCCOCCOCCC=O. The van der Waals surface area contributed by atoms with Crippen molar-refractivity contribution in [3.8, 4) is 23.5 Å². The van der Waals surface area contributed by atoms with E-state index in [0.29, 0.717) is 65.3 Å². The molecule has 0 aromatic heterocycles. The monoisotopic (exact) mass is 665 g/mol. The van der Waals surface area contributed by atoms with Crippen LogP contribution in [0.3, 0.4) is 0 Å². The molecule has 2 aromatic carbocycles. The molecule has 0 saturated carbocycles. The molecule has 3 N–H and O–H groups in total. The van der Waals surface area contributed by atoms with Gasteiger partial charge in [-0.15, -0.1) is 6.42 Å². The molecular formula is C36H47N3O9. The highest BCUT2D eigenvalue weighted by atomic mass is 16.5. The molecule has 0 heterocycles. The minimum atomic E-state index is -0.766. The first-order valence-electron chi connectivity index (χ1n) is 16.4. The molecule has 0 fully saturated rings. The molecule has 260 valence electrons. The molecule has 1 aliphatic carbocycles. The number of carbonyl (C=O) groups excluding carboxylic acids is 4. The van der Waals surface area contributed by atoms with Crippen LogP contribution >= 0.6 is 0 Å². The third kappa shape index (κ3) is 13.8. The Kier molecular flexibility index (Phi) is 18.4. The van der Waals surface area contributed by atoms with Gasteiger partial charge < -0.3 is 44.4 Å². The van der Waals surface area contributed by atoms with Crippen LogP contribution in [0.1, 0.15) is 49.1 Å². The van der Waals surface area contributed by atoms with Crippen molar-refractivity contribution in [1.29, 1.82) is 0 Å². The van der Waals surface area contributed by atoms with Crippen molar-refractivity contribution in [2.45, 2.75) is 44.1 Å². The van der Waals surface area contributed by atoms with Crippen molar-refractivity contribution >= 4 is 24.2 Å². The molecule has 1 aliphatic rings. The van der Waals surface area contributed by atoms with Crippen LogP contribution in [0.2, 0.25) is 0 Å². The standard InChI is InChI=1S/C36H47N3O9/c1-2-19-44-23-25-46-21-15-34(41)39-33(35(42)37-17-22-47-26-24-45-20-9-18-40)14-7-8-16-38-36(43)48-27-32-30-12-5-3-10-28(30)29-11-4-6-13-31(29)32/h1,3-6,10-13,18,32-33H,7-9,14-17,19-27H2,(H,37,42)(H,38,43)(H,39,41)/t33-/m0/s1. The second kappa shape index (κ2) is 23.1. The number of hydrogen-bond acceptors (Lipinski definition) is 9. The van der Waals surface area contributed by atoms with E-state index in [9.17, 15) is 19.2 Å². The molecule has 12 heteroatoms. The van der Waals surface area contributed by atoms with E-state index in [1.54, 1.807) is 0 Å². The van der Waals surface area contributed by atoms with E-state index in [0.717, 1.165) is 28.5 Å². The molecule has 0 aliphatic heterocycles. The van der Waals surface area contributed by atoms with Crippen LogP contribution in [-0.4, -0.2) is 103 Å². The highest BCUT2D eigenvalue weighted by molar-refractivity contribution is 5.87. The number of ether oxygens (including phenoxy) is 5. The van der Waals surface area contributed by atoms with Crippen LogP contribution in [0.5, 0.6) is 0 Å². The highest BCUT2D eigenvalue weighted by Gasteiger charge is 2.29. The summed E-state index contributed by atoms with van der Waals surface area (Å²) < 4.78 is 26.8. The summed E-state index contributed by atoms with van der Waals surface area (Å²) in [5.74, 6) is 1.69. The topological polar surface area (TPSA) is 151 Å². The Hall–Kier alpha value is -4.28. The van der Waals surface area contributed by atoms with E-state index in [-0.39, 0.29) is 57.1 Å². The minimum absolute atomic E-state index is 0.0228. The molecule has 48 heavy (non-hydrogen) atoms. The van der Waals surface area contributed by atoms with Gasteiger partial charge in [0.25, 0.3) is 0 Å².